The number of benzene rings is 2. The zero-order valence-corrected chi connectivity index (χ0v) is 17.4. The van der Waals surface area contributed by atoms with Crippen molar-refractivity contribution in [3.05, 3.63) is 64.7 Å². The number of carbonyl (C=O) groups is 2. The number of aromatic nitrogens is 2. The number of aryl methyl sites for hydroxylation is 2. The van der Waals surface area contributed by atoms with Crippen LogP contribution in [-0.2, 0) is 4.79 Å². The van der Waals surface area contributed by atoms with Gasteiger partial charge in [-0.3, -0.25) is 14.9 Å². The first-order chi connectivity index (χ1) is 13.4. The van der Waals surface area contributed by atoms with E-state index in [4.69, 9.17) is 0 Å². The minimum absolute atomic E-state index is 0.112. The maximum absolute atomic E-state index is 12.3. The molecule has 0 radical (unpaired) electrons. The average molecular weight is 413 g/mol. The Balaban J connectivity index is 1.54. The highest BCUT2D eigenvalue weighted by Gasteiger charge is 2.13. The first-order valence-corrected chi connectivity index (χ1v) is 10.4. The normalized spacial score (nSPS) is 10.5. The topological polar surface area (TPSA) is 84.0 Å². The van der Waals surface area contributed by atoms with Gasteiger partial charge in [0.1, 0.15) is 0 Å². The number of hydrogen-bond donors (Lipinski definition) is 2. The largest absolute Gasteiger partial charge is 0.325 e. The van der Waals surface area contributed by atoms with Crippen LogP contribution in [0.1, 0.15) is 27.0 Å². The molecule has 0 aliphatic heterocycles. The van der Waals surface area contributed by atoms with Gasteiger partial charge in [0.15, 0.2) is 4.34 Å². The second-order valence-corrected chi connectivity index (χ2v) is 8.43. The summed E-state index contributed by atoms with van der Waals surface area (Å²) < 4.78 is 0.621. The van der Waals surface area contributed by atoms with Crippen LogP contribution in [0.25, 0.3) is 0 Å². The van der Waals surface area contributed by atoms with Gasteiger partial charge in [-0.25, -0.2) is 0 Å². The zero-order valence-electron chi connectivity index (χ0n) is 15.8. The molecule has 3 rings (SSSR count). The predicted molar refractivity (Wildman–Crippen MR) is 114 cm³/mol. The smallest absolute Gasteiger partial charge is 0.257 e. The van der Waals surface area contributed by atoms with Gasteiger partial charge in [-0.2, -0.15) is 0 Å². The van der Waals surface area contributed by atoms with Crippen LogP contribution in [0.3, 0.4) is 0 Å². The molecular formula is C20H20N4O2S2. The van der Waals surface area contributed by atoms with Gasteiger partial charge in [-0.05, 0) is 49.6 Å². The van der Waals surface area contributed by atoms with E-state index in [1.54, 1.807) is 6.07 Å². The van der Waals surface area contributed by atoms with E-state index in [1.165, 1.54) is 23.1 Å². The van der Waals surface area contributed by atoms with Gasteiger partial charge in [-0.15, -0.1) is 10.2 Å². The summed E-state index contributed by atoms with van der Waals surface area (Å²) >= 11 is 2.53. The summed E-state index contributed by atoms with van der Waals surface area (Å²) in [5.41, 5.74) is 4.48. The molecule has 144 valence electrons. The maximum atomic E-state index is 12.3. The van der Waals surface area contributed by atoms with Crippen LogP contribution in [0.5, 0.6) is 0 Å². The Morgan fingerprint density at radius 1 is 0.964 bits per heavy atom. The highest BCUT2D eigenvalue weighted by molar-refractivity contribution is 8.01. The van der Waals surface area contributed by atoms with E-state index in [1.807, 2.05) is 57.2 Å². The number of hydrogen-bond acceptors (Lipinski definition) is 6. The third-order valence-corrected chi connectivity index (χ3v) is 6.19. The van der Waals surface area contributed by atoms with Gasteiger partial charge in [0.25, 0.3) is 5.91 Å². The highest BCUT2D eigenvalue weighted by atomic mass is 32.2. The molecule has 0 saturated heterocycles. The number of rotatable bonds is 6. The summed E-state index contributed by atoms with van der Waals surface area (Å²) in [5.74, 6) is -0.119. The Morgan fingerprint density at radius 2 is 1.71 bits per heavy atom. The minimum Gasteiger partial charge on any atom is -0.325 e. The van der Waals surface area contributed by atoms with E-state index in [9.17, 15) is 9.59 Å². The molecule has 0 aliphatic rings. The van der Waals surface area contributed by atoms with Gasteiger partial charge >= 0.3 is 0 Å². The van der Waals surface area contributed by atoms with Gasteiger partial charge in [0.2, 0.25) is 11.0 Å². The van der Waals surface area contributed by atoms with Crippen molar-refractivity contribution in [3.8, 4) is 0 Å². The van der Waals surface area contributed by atoms with Gasteiger partial charge in [0.05, 0.1) is 5.75 Å². The molecule has 8 heteroatoms. The van der Waals surface area contributed by atoms with Crippen LogP contribution in [0.4, 0.5) is 10.8 Å². The second kappa shape index (κ2) is 8.99. The summed E-state index contributed by atoms with van der Waals surface area (Å²) in [7, 11) is 0. The molecule has 2 amide bonds. The number of thioether (sulfide) groups is 1. The van der Waals surface area contributed by atoms with Crippen LogP contribution in [0.2, 0.25) is 0 Å². The number of nitrogens with one attached hydrogen (secondary N) is 2. The lowest BCUT2D eigenvalue weighted by atomic mass is 10.1. The Morgan fingerprint density at radius 3 is 2.50 bits per heavy atom. The lowest BCUT2D eigenvalue weighted by Crippen LogP contribution is -2.15. The van der Waals surface area contributed by atoms with E-state index >= 15 is 0 Å². The second-order valence-electron chi connectivity index (χ2n) is 6.23. The van der Waals surface area contributed by atoms with Crippen molar-refractivity contribution < 1.29 is 9.59 Å². The van der Waals surface area contributed by atoms with Crippen molar-refractivity contribution in [1.29, 1.82) is 0 Å². The standard InChI is InChI=1S/C20H20N4O2S2/c1-12-8-6-10-16(14(12)3)21-17(25)11-27-20-24-23-19(28-20)22-18(26)15-9-5-4-7-13(15)2/h4-10H,11H2,1-3H3,(H,21,25)(H,22,23,26). The van der Waals surface area contributed by atoms with Crippen molar-refractivity contribution in [3.63, 3.8) is 0 Å². The first kappa shape index (κ1) is 20.0. The van der Waals surface area contributed by atoms with Crippen LogP contribution >= 0.6 is 23.1 Å². The molecule has 0 fully saturated rings. The van der Waals surface area contributed by atoms with E-state index in [0.29, 0.717) is 15.0 Å². The lowest BCUT2D eigenvalue weighted by Gasteiger charge is -2.09. The molecule has 1 aromatic heterocycles. The van der Waals surface area contributed by atoms with E-state index < -0.39 is 0 Å². The van der Waals surface area contributed by atoms with Crippen molar-refractivity contribution >= 4 is 45.7 Å². The van der Waals surface area contributed by atoms with Gasteiger partial charge in [-0.1, -0.05) is 53.4 Å². The fourth-order valence-corrected chi connectivity index (χ4v) is 4.06. The molecule has 28 heavy (non-hydrogen) atoms. The highest BCUT2D eigenvalue weighted by Crippen LogP contribution is 2.26. The number of carbonyl (C=O) groups excluding carboxylic acids is 2. The van der Waals surface area contributed by atoms with Crippen LogP contribution in [0, 0.1) is 20.8 Å². The molecule has 2 aromatic carbocycles. The molecular weight excluding hydrogens is 392 g/mol. The van der Waals surface area contributed by atoms with Crippen LogP contribution in [-0.4, -0.2) is 27.8 Å². The van der Waals surface area contributed by atoms with Crippen LogP contribution < -0.4 is 10.6 Å². The van der Waals surface area contributed by atoms with Crippen molar-refractivity contribution in [2.45, 2.75) is 25.1 Å². The number of amides is 2. The summed E-state index contributed by atoms with van der Waals surface area (Å²) in [4.78, 5) is 24.5. The molecule has 1 heterocycles. The molecule has 3 aromatic rings. The number of nitrogens with zero attached hydrogens (tertiary/aromatic N) is 2. The predicted octanol–water partition coefficient (Wildman–Crippen LogP) is 4.45. The third-order valence-electron chi connectivity index (χ3n) is 4.22. The molecule has 0 bridgehead atoms. The zero-order chi connectivity index (χ0) is 20.1. The molecule has 2 N–H and O–H groups in total. The molecule has 6 nitrogen and oxygen atoms in total. The average Bonchev–Trinajstić information content (AvgIpc) is 3.11. The van der Waals surface area contributed by atoms with E-state index in [2.05, 4.69) is 20.8 Å². The summed E-state index contributed by atoms with van der Waals surface area (Å²) in [6, 6.07) is 13.2. The van der Waals surface area contributed by atoms with Gasteiger partial charge < -0.3 is 5.32 Å². The molecule has 0 aliphatic carbocycles. The SMILES string of the molecule is Cc1ccccc1C(=O)Nc1nnc(SCC(=O)Nc2cccc(C)c2C)s1. The Labute approximate surface area is 171 Å². The summed E-state index contributed by atoms with van der Waals surface area (Å²) in [6.07, 6.45) is 0. The maximum Gasteiger partial charge on any atom is 0.257 e. The Bertz CT molecular complexity index is 1020. The van der Waals surface area contributed by atoms with E-state index in [0.717, 1.165) is 22.4 Å². The number of anilines is 2. The Hall–Kier alpha value is -2.71. The van der Waals surface area contributed by atoms with Crippen LogP contribution in [0.15, 0.2) is 46.8 Å². The first-order valence-electron chi connectivity index (χ1n) is 8.63. The summed E-state index contributed by atoms with van der Waals surface area (Å²) in [5, 5.41) is 14.1. The van der Waals surface area contributed by atoms with Crippen molar-refractivity contribution in [2.75, 3.05) is 16.4 Å². The minimum atomic E-state index is -0.224. The van der Waals surface area contributed by atoms with Crippen molar-refractivity contribution in [1.82, 2.24) is 10.2 Å². The molecule has 0 spiro atoms. The molecule has 0 saturated carbocycles. The van der Waals surface area contributed by atoms with Crippen molar-refractivity contribution in [2.24, 2.45) is 0 Å². The lowest BCUT2D eigenvalue weighted by molar-refractivity contribution is -0.113. The van der Waals surface area contributed by atoms with Gasteiger partial charge in [0, 0.05) is 11.3 Å². The summed E-state index contributed by atoms with van der Waals surface area (Å²) in [6.45, 7) is 5.87. The monoisotopic (exact) mass is 412 g/mol. The fourth-order valence-electron chi connectivity index (χ4n) is 2.51. The third kappa shape index (κ3) is 4.96. The quantitative estimate of drug-likeness (QED) is 0.462. The Kier molecular flexibility index (Phi) is 6.43. The van der Waals surface area contributed by atoms with E-state index in [-0.39, 0.29) is 17.6 Å². The fraction of sp³-hybridized carbons (Fsp3) is 0.200. The molecule has 0 atom stereocenters. The molecule has 0 unspecified atom stereocenters.